The summed E-state index contributed by atoms with van der Waals surface area (Å²) in [6.45, 7) is 2.19. The second-order valence-corrected chi connectivity index (χ2v) is 4.32. The highest BCUT2D eigenvalue weighted by molar-refractivity contribution is 9.10. The van der Waals surface area contributed by atoms with Gasteiger partial charge in [-0.3, -0.25) is 4.79 Å². The SMILES string of the molecule is O=C(NC[C@H]1CCOC1)c1ccc(Br)o1. The van der Waals surface area contributed by atoms with Gasteiger partial charge in [0.2, 0.25) is 0 Å². The van der Waals surface area contributed by atoms with E-state index < -0.39 is 0 Å². The number of nitrogens with one attached hydrogen (secondary N) is 1. The summed E-state index contributed by atoms with van der Waals surface area (Å²) in [6, 6.07) is 3.35. The normalized spacial score (nSPS) is 20.5. The van der Waals surface area contributed by atoms with Crippen LogP contribution in [0.5, 0.6) is 0 Å². The van der Waals surface area contributed by atoms with Crippen LogP contribution in [0.3, 0.4) is 0 Å². The summed E-state index contributed by atoms with van der Waals surface area (Å²) in [7, 11) is 0. The number of furan rings is 1. The van der Waals surface area contributed by atoms with Crippen LogP contribution >= 0.6 is 15.9 Å². The van der Waals surface area contributed by atoms with Gasteiger partial charge in [0.25, 0.3) is 5.91 Å². The third-order valence-electron chi connectivity index (χ3n) is 2.37. The Morgan fingerprint density at radius 2 is 2.47 bits per heavy atom. The fourth-order valence-electron chi connectivity index (χ4n) is 1.50. The number of ether oxygens (including phenoxy) is 1. The van der Waals surface area contributed by atoms with Crippen LogP contribution < -0.4 is 5.32 Å². The van der Waals surface area contributed by atoms with Gasteiger partial charge in [0.05, 0.1) is 6.61 Å². The number of carbonyl (C=O) groups is 1. The highest BCUT2D eigenvalue weighted by Gasteiger charge is 2.17. The lowest BCUT2D eigenvalue weighted by Crippen LogP contribution is -2.29. The van der Waals surface area contributed by atoms with Gasteiger partial charge in [-0.05, 0) is 34.5 Å². The molecule has 1 N–H and O–H groups in total. The van der Waals surface area contributed by atoms with Crippen molar-refractivity contribution in [2.24, 2.45) is 5.92 Å². The average Bonchev–Trinajstić information content (AvgIpc) is 2.84. The number of hydrogen-bond donors (Lipinski definition) is 1. The Balaban J connectivity index is 1.81. The zero-order valence-electron chi connectivity index (χ0n) is 8.16. The Morgan fingerprint density at radius 3 is 3.07 bits per heavy atom. The Labute approximate surface area is 96.1 Å². The molecule has 1 aliphatic heterocycles. The zero-order valence-corrected chi connectivity index (χ0v) is 9.75. The van der Waals surface area contributed by atoms with Gasteiger partial charge in [-0.25, -0.2) is 0 Å². The van der Waals surface area contributed by atoms with E-state index in [1.807, 2.05) is 0 Å². The van der Waals surface area contributed by atoms with Gasteiger partial charge >= 0.3 is 0 Å². The standard InChI is InChI=1S/C10H12BrNO3/c11-9-2-1-8(15-9)10(13)12-5-7-3-4-14-6-7/h1-2,7H,3-6H2,(H,12,13)/t7-/m1/s1. The summed E-state index contributed by atoms with van der Waals surface area (Å²) in [5, 5.41) is 2.82. The molecule has 4 nitrogen and oxygen atoms in total. The summed E-state index contributed by atoms with van der Waals surface area (Å²) in [4.78, 5) is 11.5. The monoisotopic (exact) mass is 273 g/mol. The number of amides is 1. The van der Waals surface area contributed by atoms with Crippen LogP contribution in [0.15, 0.2) is 21.2 Å². The number of rotatable bonds is 3. The van der Waals surface area contributed by atoms with Gasteiger partial charge in [-0.1, -0.05) is 0 Å². The summed E-state index contributed by atoms with van der Waals surface area (Å²) < 4.78 is 10.9. The van der Waals surface area contributed by atoms with Gasteiger partial charge in [-0.2, -0.15) is 0 Å². The van der Waals surface area contributed by atoms with E-state index in [1.165, 1.54) is 0 Å². The molecule has 1 aromatic heterocycles. The largest absolute Gasteiger partial charge is 0.444 e. The van der Waals surface area contributed by atoms with Crippen LogP contribution in [0.4, 0.5) is 0 Å². The van der Waals surface area contributed by atoms with E-state index in [9.17, 15) is 4.79 Å². The fraction of sp³-hybridized carbons (Fsp3) is 0.500. The molecule has 0 spiro atoms. The van der Waals surface area contributed by atoms with E-state index in [2.05, 4.69) is 21.2 Å². The Bertz CT molecular complexity index is 344. The van der Waals surface area contributed by atoms with E-state index >= 15 is 0 Å². The van der Waals surface area contributed by atoms with Crippen LogP contribution in [-0.2, 0) is 4.74 Å². The Kier molecular flexibility index (Phi) is 3.43. The molecule has 1 saturated heterocycles. The van der Waals surface area contributed by atoms with Crippen molar-refractivity contribution in [3.05, 3.63) is 22.6 Å². The molecule has 2 heterocycles. The fourth-order valence-corrected chi connectivity index (χ4v) is 1.81. The predicted octanol–water partition coefficient (Wildman–Crippen LogP) is 1.81. The molecule has 15 heavy (non-hydrogen) atoms. The maximum Gasteiger partial charge on any atom is 0.287 e. The van der Waals surface area contributed by atoms with E-state index in [0.717, 1.165) is 19.6 Å². The van der Waals surface area contributed by atoms with Gasteiger partial charge in [0.1, 0.15) is 0 Å². The number of hydrogen-bond acceptors (Lipinski definition) is 3. The van der Waals surface area contributed by atoms with Crippen molar-refractivity contribution in [2.75, 3.05) is 19.8 Å². The van der Waals surface area contributed by atoms with Gasteiger partial charge in [0.15, 0.2) is 10.4 Å². The predicted molar refractivity (Wildman–Crippen MR) is 57.7 cm³/mol. The summed E-state index contributed by atoms with van der Waals surface area (Å²) in [5.41, 5.74) is 0. The maximum absolute atomic E-state index is 11.5. The van der Waals surface area contributed by atoms with E-state index in [1.54, 1.807) is 12.1 Å². The maximum atomic E-state index is 11.5. The van der Waals surface area contributed by atoms with E-state index in [-0.39, 0.29) is 5.91 Å². The molecule has 1 aliphatic rings. The van der Waals surface area contributed by atoms with Crippen molar-refractivity contribution in [2.45, 2.75) is 6.42 Å². The van der Waals surface area contributed by atoms with Crippen molar-refractivity contribution in [3.63, 3.8) is 0 Å². The van der Waals surface area contributed by atoms with Crippen LogP contribution in [-0.4, -0.2) is 25.7 Å². The molecule has 1 aromatic rings. The molecule has 82 valence electrons. The van der Waals surface area contributed by atoms with Crippen molar-refractivity contribution >= 4 is 21.8 Å². The lowest BCUT2D eigenvalue weighted by atomic mass is 10.1. The van der Waals surface area contributed by atoms with Crippen LogP contribution in [0.25, 0.3) is 0 Å². The first kappa shape index (κ1) is 10.7. The Morgan fingerprint density at radius 1 is 1.60 bits per heavy atom. The molecular formula is C10H12BrNO3. The van der Waals surface area contributed by atoms with Crippen molar-refractivity contribution in [1.29, 1.82) is 0 Å². The third kappa shape index (κ3) is 2.82. The summed E-state index contributed by atoms with van der Waals surface area (Å²) in [6.07, 6.45) is 1.02. The van der Waals surface area contributed by atoms with Crippen molar-refractivity contribution in [1.82, 2.24) is 5.32 Å². The minimum atomic E-state index is -0.174. The summed E-state index contributed by atoms with van der Waals surface area (Å²) in [5.74, 6) is 0.598. The highest BCUT2D eigenvalue weighted by atomic mass is 79.9. The highest BCUT2D eigenvalue weighted by Crippen LogP contribution is 2.14. The number of carbonyl (C=O) groups excluding carboxylic acids is 1. The molecule has 1 amide bonds. The molecule has 0 radical (unpaired) electrons. The van der Waals surface area contributed by atoms with Crippen LogP contribution in [0.1, 0.15) is 17.0 Å². The molecule has 0 unspecified atom stereocenters. The smallest absolute Gasteiger partial charge is 0.287 e. The number of halogens is 1. The third-order valence-corrected chi connectivity index (χ3v) is 2.80. The molecule has 1 atom stereocenters. The first-order valence-corrected chi connectivity index (χ1v) is 5.66. The van der Waals surface area contributed by atoms with E-state index in [4.69, 9.17) is 9.15 Å². The topological polar surface area (TPSA) is 51.5 Å². The quantitative estimate of drug-likeness (QED) is 0.914. The minimum absolute atomic E-state index is 0.174. The van der Waals surface area contributed by atoms with Crippen molar-refractivity contribution in [3.8, 4) is 0 Å². The Hall–Kier alpha value is -0.810. The molecule has 2 rings (SSSR count). The molecule has 0 aliphatic carbocycles. The average molecular weight is 274 g/mol. The molecule has 0 saturated carbocycles. The molecule has 1 fully saturated rings. The second-order valence-electron chi connectivity index (χ2n) is 3.54. The van der Waals surface area contributed by atoms with Crippen molar-refractivity contribution < 1.29 is 13.9 Å². The lowest BCUT2D eigenvalue weighted by Gasteiger charge is -2.07. The molecule has 0 bridgehead atoms. The molecular weight excluding hydrogens is 262 g/mol. The second kappa shape index (κ2) is 4.81. The van der Waals surface area contributed by atoms with Gasteiger partial charge < -0.3 is 14.5 Å². The van der Waals surface area contributed by atoms with Crippen LogP contribution in [0.2, 0.25) is 0 Å². The van der Waals surface area contributed by atoms with Gasteiger partial charge in [-0.15, -0.1) is 0 Å². The van der Waals surface area contributed by atoms with E-state index in [0.29, 0.717) is 22.9 Å². The minimum Gasteiger partial charge on any atom is -0.444 e. The molecule has 0 aromatic carbocycles. The van der Waals surface area contributed by atoms with Gasteiger partial charge in [0, 0.05) is 19.1 Å². The first-order chi connectivity index (χ1) is 7.25. The zero-order chi connectivity index (χ0) is 10.7. The first-order valence-electron chi connectivity index (χ1n) is 4.87. The van der Waals surface area contributed by atoms with Crippen LogP contribution in [0, 0.1) is 5.92 Å². The lowest BCUT2D eigenvalue weighted by molar-refractivity contribution is 0.0916. The molecule has 5 heteroatoms. The summed E-state index contributed by atoms with van der Waals surface area (Å²) >= 11 is 3.15.